The zero-order valence-corrected chi connectivity index (χ0v) is 12.5. The lowest BCUT2D eigenvalue weighted by Gasteiger charge is -2.19. The van der Waals surface area contributed by atoms with E-state index in [-0.39, 0.29) is 18.1 Å². The molecule has 0 aromatic heterocycles. The molecule has 1 rings (SSSR count). The van der Waals surface area contributed by atoms with E-state index in [2.05, 4.69) is 10.2 Å². The van der Waals surface area contributed by atoms with Gasteiger partial charge in [-0.1, -0.05) is 12.1 Å². The monoisotopic (exact) mass is 264 g/mol. The molecular weight excluding hydrogens is 240 g/mol. The summed E-state index contributed by atoms with van der Waals surface area (Å²) in [6, 6.07) is 7.85. The normalized spacial score (nSPS) is 11.7. The highest BCUT2D eigenvalue weighted by atomic mass is 16.5. The number of carbonyl (C=O) groups is 1. The summed E-state index contributed by atoms with van der Waals surface area (Å²) in [5.74, 6) is -0.128. The fraction of sp³-hybridized carbons (Fsp3) is 0.533. The Morgan fingerprint density at radius 2 is 2.00 bits per heavy atom. The van der Waals surface area contributed by atoms with Crippen LogP contribution in [0.25, 0.3) is 0 Å². The molecule has 1 aromatic carbocycles. The molecule has 0 fully saturated rings. The van der Waals surface area contributed by atoms with E-state index in [0.717, 1.165) is 12.2 Å². The van der Waals surface area contributed by atoms with E-state index in [1.54, 1.807) is 0 Å². The highest BCUT2D eigenvalue weighted by molar-refractivity contribution is 5.91. The number of ether oxygens (including phenoxy) is 1. The summed E-state index contributed by atoms with van der Waals surface area (Å²) in [5.41, 5.74) is 1.67. The SMILES string of the molecule is CN(C)Cc1cccc(NC(=O)COC(C)(C)C)c1. The molecule has 0 spiro atoms. The molecule has 0 aliphatic heterocycles. The smallest absolute Gasteiger partial charge is 0.250 e. The lowest BCUT2D eigenvalue weighted by Crippen LogP contribution is -2.27. The minimum absolute atomic E-state index is 0.0708. The number of benzene rings is 1. The summed E-state index contributed by atoms with van der Waals surface area (Å²) in [7, 11) is 4.03. The zero-order valence-electron chi connectivity index (χ0n) is 12.5. The summed E-state index contributed by atoms with van der Waals surface area (Å²) in [6.07, 6.45) is 0. The van der Waals surface area contributed by atoms with Gasteiger partial charge in [-0.2, -0.15) is 0 Å². The first kappa shape index (κ1) is 15.7. The summed E-state index contributed by atoms with van der Waals surface area (Å²) in [4.78, 5) is 13.8. The molecule has 1 amide bonds. The largest absolute Gasteiger partial charge is 0.366 e. The second-order valence-electron chi connectivity index (χ2n) is 5.89. The number of nitrogens with one attached hydrogen (secondary N) is 1. The van der Waals surface area contributed by atoms with Gasteiger partial charge < -0.3 is 15.0 Å². The van der Waals surface area contributed by atoms with Gasteiger partial charge in [-0.15, -0.1) is 0 Å². The van der Waals surface area contributed by atoms with E-state index in [1.807, 2.05) is 59.1 Å². The van der Waals surface area contributed by atoms with E-state index in [4.69, 9.17) is 4.74 Å². The Kier molecular flexibility index (Phi) is 5.51. The molecule has 4 nitrogen and oxygen atoms in total. The fourth-order valence-electron chi connectivity index (χ4n) is 1.59. The summed E-state index contributed by atoms with van der Waals surface area (Å²) in [5, 5.41) is 2.85. The van der Waals surface area contributed by atoms with E-state index in [9.17, 15) is 4.79 Å². The topological polar surface area (TPSA) is 41.6 Å². The molecule has 0 aliphatic rings. The molecule has 1 N–H and O–H groups in total. The molecule has 0 radical (unpaired) electrons. The maximum Gasteiger partial charge on any atom is 0.250 e. The van der Waals surface area contributed by atoms with Gasteiger partial charge in [0.1, 0.15) is 6.61 Å². The molecule has 0 bridgehead atoms. The van der Waals surface area contributed by atoms with Crippen LogP contribution in [0.1, 0.15) is 26.3 Å². The first-order valence-electron chi connectivity index (χ1n) is 6.44. The summed E-state index contributed by atoms with van der Waals surface area (Å²) in [6.45, 7) is 6.71. The van der Waals surface area contributed by atoms with Crippen LogP contribution in [0.3, 0.4) is 0 Å². The van der Waals surface area contributed by atoms with Crippen molar-refractivity contribution >= 4 is 11.6 Å². The van der Waals surface area contributed by atoms with Crippen molar-refractivity contribution in [1.82, 2.24) is 4.90 Å². The van der Waals surface area contributed by atoms with Gasteiger partial charge in [0.25, 0.3) is 0 Å². The fourth-order valence-corrected chi connectivity index (χ4v) is 1.59. The quantitative estimate of drug-likeness (QED) is 0.888. The predicted molar refractivity (Wildman–Crippen MR) is 78.2 cm³/mol. The molecule has 0 saturated heterocycles. The number of amides is 1. The Balaban J connectivity index is 2.54. The highest BCUT2D eigenvalue weighted by Crippen LogP contribution is 2.12. The zero-order chi connectivity index (χ0) is 14.5. The first-order chi connectivity index (χ1) is 8.76. The Morgan fingerprint density at radius 3 is 2.58 bits per heavy atom. The third-order valence-corrected chi connectivity index (χ3v) is 2.35. The molecule has 0 aliphatic carbocycles. The van der Waals surface area contributed by atoms with Crippen LogP contribution in [-0.2, 0) is 16.1 Å². The number of anilines is 1. The number of hydrogen-bond acceptors (Lipinski definition) is 3. The summed E-state index contributed by atoms with van der Waals surface area (Å²) >= 11 is 0. The minimum Gasteiger partial charge on any atom is -0.366 e. The minimum atomic E-state index is -0.301. The molecule has 106 valence electrons. The lowest BCUT2D eigenvalue weighted by molar-refractivity contribution is -0.125. The number of nitrogens with zero attached hydrogens (tertiary/aromatic N) is 1. The van der Waals surface area contributed by atoms with Crippen LogP contribution in [0, 0.1) is 0 Å². The molecule has 0 heterocycles. The second-order valence-corrected chi connectivity index (χ2v) is 5.89. The van der Waals surface area contributed by atoms with Crippen molar-refractivity contribution in [3.05, 3.63) is 29.8 Å². The van der Waals surface area contributed by atoms with E-state index in [1.165, 1.54) is 5.56 Å². The molecular formula is C15H24N2O2. The van der Waals surface area contributed by atoms with E-state index < -0.39 is 0 Å². The Bertz CT molecular complexity index is 422. The van der Waals surface area contributed by atoms with E-state index >= 15 is 0 Å². The van der Waals surface area contributed by atoms with Crippen LogP contribution >= 0.6 is 0 Å². The van der Waals surface area contributed by atoms with E-state index in [0.29, 0.717) is 0 Å². The second kappa shape index (κ2) is 6.68. The number of hydrogen-bond donors (Lipinski definition) is 1. The van der Waals surface area contributed by atoms with Crippen molar-refractivity contribution in [3.8, 4) is 0 Å². The number of carbonyl (C=O) groups excluding carboxylic acids is 1. The number of rotatable bonds is 5. The average Bonchev–Trinajstić information content (AvgIpc) is 2.25. The van der Waals surface area contributed by atoms with Crippen LogP contribution in [0.4, 0.5) is 5.69 Å². The van der Waals surface area contributed by atoms with Crippen LogP contribution < -0.4 is 5.32 Å². The van der Waals surface area contributed by atoms with Gasteiger partial charge in [0.2, 0.25) is 5.91 Å². The van der Waals surface area contributed by atoms with Crippen molar-refractivity contribution in [1.29, 1.82) is 0 Å². The van der Waals surface area contributed by atoms with Crippen molar-refractivity contribution in [2.45, 2.75) is 32.9 Å². The highest BCUT2D eigenvalue weighted by Gasteiger charge is 2.13. The maximum atomic E-state index is 11.7. The summed E-state index contributed by atoms with van der Waals surface area (Å²) < 4.78 is 5.44. The van der Waals surface area contributed by atoms with Crippen LogP contribution in [-0.4, -0.2) is 37.1 Å². The van der Waals surface area contributed by atoms with Crippen molar-refractivity contribution < 1.29 is 9.53 Å². The molecule has 0 atom stereocenters. The Hall–Kier alpha value is -1.39. The third-order valence-electron chi connectivity index (χ3n) is 2.35. The van der Waals surface area contributed by atoms with Gasteiger partial charge in [-0.25, -0.2) is 0 Å². The van der Waals surface area contributed by atoms with Gasteiger partial charge >= 0.3 is 0 Å². The predicted octanol–water partition coefficient (Wildman–Crippen LogP) is 2.50. The van der Waals surface area contributed by atoms with Crippen LogP contribution in [0.15, 0.2) is 24.3 Å². The van der Waals surface area contributed by atoms with Crippen molar-refractivity contribution in [2.75, 3.05) is 26.0 Å². The van der Waals surface area contributed by atoms with Gasteiger partial charge in [0.05, 0.1) is 5.60 Å². The molecule has 0 saturated carbocycles. The standard InChI is InChI=1S/C15H24N2O2/c1-15(2,3)19-11-14(18)16-13-8-6-7-12(9-13)10-17(4)5/h6-9H,10-11H2,1-5H3,(H,16,18). The molecule has 1 aromatic rings. The van der Waals surface area contributed by atoms with Crippen LogP contribution in [0.5, 0.6) is 0 Å². The maximum absolute atomic E-state index is 11.7. The van der Waals surface area contributed by atoms with Gasteiger partial charge in [0, 0.05) is 12.2 Å². The molecule has 4 heteroatoms. The van der Waals surface area contributed by atoms with Crippen molar-refractivity contribution in [2.24, 2.45) is 0 Å². The van der Waals surface area contributed by atoms with Gasteiger partial charge in [0.15, 0.2) is 0 Å². The van der Waals surface area contributed by atoms with Crippen molar-refractivity contribution in [3.63, 3.8) is 0 Å². The third kappa shape index (κ3) is 6.94. The first-order valence-corrected chi connectivity index (χ1v) is 6.44. The van der Waals surface area contributed by atoms with Crippen LogP contribution in [0.2, 0.25) is 0 Å². The molecule has 0 unspecified atom stereocenters. The van der Waals surface area contributed by atoms with Gasteiger partial charge in [-0.3, -0.25) is 4.79 Å². The van der Waals surface area contributed by atoms with Gasteiger partial charge in [-0.05, 0) is 52.6 Å². The lowest BCUT2D eigenvalue weighted by atomic mass is 10.2. The average molecular weight is 264 g/mol. The molecule has 19 heavy (non-hydrogen) atoms. The Labute approximate surface area is 115 Å². The Morgan fingerprint density at radius 1 is 1.32 bits per heavy atom.